The summed E-state index contributed by atoms with van der Waals surface area (Å²) in [5, 5.41) is 6.11. The fourth-order valence-corrected chi connectivity index (χ4v) is 4.57. The van der Waals surface area contributed by atoms with E-state index < -0.39 is 5.82 Å². The van der Waals surface area contributed by atoms with E-state index in [4.69, 9.17) is 4.74 Å². The van der Waals surface area contributed by atoms with Gasteiger partial charge >= 0.3 is 0 Å². The Balaban J connectivity index is 1.19. The second kappa shape index (κ2) is 9.02. The molecule has 0 radical (unpaired) electrons. The Labute approximate surface area is 212 Å². The van der Waals surface area contributed by atoms with E-state index in [0.29, 0.717) is 29.4 Å². The van der Waals surface area contributed by atoms with Crippen molar-refractivity contribution in [1.82, 2.24) is 15.0 Å². The Bertz CT molecular complexity index is 1490. The van der Waals surface area contributed by atoms with Crippen molar-refractivity contribution in [2.75, 3.05) is 22.1 Å². The van der Waals surface area contributed by atoms with E-state index in [1.54, 1.807) is 35.5 Å². The number of amides is 1. The number of fused-ring (bicyclic) bond motifs is 2. The number of rotatable bonds is 7. The van der Waals surface area contributed by atoms with Crippen molar-refractivity contribution in [3.63, 3.8) is 0 Å². The molecule has 37 heavy (non-hydrogen) atoms. The number of nitrogens with one attached hydrogen (secondary N) is 2. The number of hydrogen-bond donors (Lipinski definition) is 2. The van der Waals surface area contributed by atoms with Crippen molar-refractivity contribution in [3.8, 4) is 11.5 Å². The number of anilines is 5. The van der Waals surface area contributed by atoms with Gasteiger partial charge in [-0.1, -0.05) is 12.6 Å². The summed E-state index contributed by atoms with van der Waals surface area (Å²) in [6, 6.07) is 16.6. The number of pyridine rings is 1. The molecule has 9 heteroatoms. The summed E-state index contributed by atoms with van der Waals surface area (Å²) in [5.41, 5.74) is 3.35. The van der Waals surface area contributed by atoms with Crippen LogP contribution < -0.4 is 20.3 Å². The van der Waals surface area contributed by atoms with Gasteiger partial charge in [0.1, 0.15) is 11.5 Å². The van der Waals surface area contributed by atoms with Gasteiger partial charge in [-0.05, 0) is 73.0 Å². The number of halogens is 1. The fraction of sp³-hybridized carbons (Fsp3) is 0.143. The lowest BCUT2D eigenvalue weighted by Crippen LogP contribution is -2.29. The number of hydrogen-bond acceptors (Lipinski definition) is 7. The molecular weight excluding hydrogens is 471 g/mol. The van der Waals surface area contributed by atoms with Crippen molar-refractivity contribution in [2.24, 2.45) is 0 Å². The van der Waals surface area contributed by atoms with Gasteiger partial charge in [-0.2, -0.15) is 4.98 Å². The van der Waals surface area contributed by atoms with Crippen LogP contribution in [0.5, 0.6) is 11.5 Å². The van der Waals surface area contributed by atoms with Crippen molar-refractivity contribution < 1.29 is 13.9 Å². The molecule has 2 aliphatic rings. The van der Waals surface area contributed by atoms with Crippen LogP contribution in [0.4, 0.5) is 33.2 Å². The lowest BCUT2D eigenvalue weighted by Gasteiger charge is -2.16. The standard InChI is InChI=1S/C28H23FN6O2/c1-2-25(36)35-17-28(11-12-28)22-10-7-19(14-24(22)35)32-26-23(29)16-31-27(34-26)33-18-5-8-20(9-6-18)37-21-4-3-13-30-15-21/h2-10,13-16H,1,11-12,17H2,(H2,31,32,33,34). The Kier molecular flexibility index (Phi) is 5.52. The van der Waals surface area contributed by atoms with Gasteiger partial charge in [0, 0.05) is 35.2 Å². The predicted octanol–water partition coefficient (Wildman–Crippen LogP) is 5.85. The maximum Gasteiger partial charge on any atom is 0.250 e. The molecule has 4 aromatic rings. The van der Waals surface area contributed by atoms with E-state index in [1.807, 2.05) is 36.4 Å². The predicted molar refractivity (Wildman–Crippen MR) is 139 cm³/mol. The molecule has 184 valence electrons. The average molecular weight is 495 g/mol. The molecule has 3 heterocycles. The Morgan fingerprint density at radius 1 is 1.05 bits per heavy atom. The van der Waals surface area contributed by atoms with Crippen LogP contribution in [0.1, 0.15) is 18.4 Å². The molecule has 0 bridgehead atoms. The Morgan fingerprint density at radius 3 is 2.59 bits per heavy atom. The third kappa shape index (κ3) is 4.47. The highest BCUT2D eigenvalue weighted by Gasteiger charge is 2.52. The number of benzene rings is 2. The van der Waals surface area contributed by atoms with Crippen molar-refractivity contribution >= 4 is 34.7 Å². The highest BCUT2D eigenvalue weighted by Crippen LogP contribution is 2.57. The number of aromatic nitrogens is 3. The molecule has 8 nitrogen and oxygen atoms in total. The first-order valence-corrected chi connectivity index (χ1v) is 11.9. The molecule has 1 amide bonds. The van der Waals surface area contributed by atoms with Gasteiger partial charge in [0.25, 0.3) is 0 Å². The van der Waals surface area contributed by atoms with Gasteiger partial charge < -0.3 is 20.3 Å². The van der Waals surface area contributed by atoms with E-state index in [9.17, 15) is 9.18 Å². The summed E-state index contributed by atoms with van der Waals surface area (Å²) in [6.07, 6.45) is 7.85. The number of carbonyl (C=O) groups excluding carboxylic acids is 1. The highest BCUT2D eigenvalue weighted by atomic mass is 19.1. The van der Waals surface area contributed by atoms with E-state index in [-0.39, 0.29) is 23.1 Å². The number of nitrogens with zero attached hydrogens (tertiary/aromatic N) is 4. The topological polar surface area (TPSA) is 92.3 Å². The molecule has 1 aliphatic carbocycles. The zero-order chi connectivity index (χ0) is 25.4. The molecular formula is C28H23FN6O2. The summed E-state index contributed by atoms with van der Waals surface area (Å²) < 4.78 is 20.4. The first kappa shape index (κ1) is 22.7. The van der Waals surface area contributed by atoms with Crippen LogP contribution in [0.2, 0.25) is 0 Å². The molecule has 6 rings (SSSR count). The van der Waals surface area contributed by atoms with Crippen LogP contribution in [0, 0.1) is 5.82 Å². The van der Waals surface area contributed by atoms with Crippen LogP contribution in [0.3, 0.4) is 0 Å². The van der Waals surface area contributed by atoms with E-state index in [2.05, 4.69) is 32.2 Å². The summed E-state index contributed by atoms with van der Waals surface area (Å²) in [5.74, 6) is 0.801. The smallest absolute Gasteiger partial charge is 0.250 e. The molecule has 1 fully saturated rings. The van der Waals surface area contributed by atoms with Crippen LogP contribution in [0.15, 0.2) is 85.8 Å². The maximum atomic E-state index is 14.6. The van der Waals surface area contributed by atoms with Crippen molar-refractivity contribution in [2.45, 2.75) is 18.3 Å². The summed E-state index contributed by atoms with van der Waals surface area (Å²) in [4.78, 5) is 26.6. The SMILES string of the molecule is C=CC(=O)N1CC2(CC2)c2ccc(Nc3nc(Nc4ccc(Oc5cccnc5)cc4)ncc3F)cc21. The molecule has 2 aromatic heterocycles. The van der Waals surface area contributed by atoms with Crippen molar-refractivity contribution in [1.29, 1.82) is 0 Å². The van der Waals surface area contributed by atoms with Crippen LogP contribution in [-0.4, -0.2) is 27.4 Å². The van der Waals surface area contributed by atoms with Gasteiger partial charge in [-0.15, -0.1) is 0 Å². The van der Waals surface area contributed by atoms with Crippen LogP contribution in [-0.2, 0) is 10.2 Å². The minimum Gasteiger partial charge on any atom is -0.456 e. The third-order valence-corrected chi connectivity index (χ3v) is 6.60. The Morgan fingerprint density at radius 2 is 1.86 bits per heavy atom. The molecule has 2 aromatic carbocycles. The fourth-order valence-electron chi connectivity index (χ4n) is 4.57. The normalized spacial score (nSPS) is 14.7. The van der Waals surface area contributed by atoms with E-state index >= 15 is 0 Å². The zero-order valence-corrected chi connectivity index (χ0v) is 19.8. The van der Waals surface area contributed by atoms with Crippen LogP contribution in [0.25, 0.3) is 0 Å². The molecule has 2 N–H and O–H groups in total. The molecule has 0 atom stereocenters. The summed E-state index contributed by atoms with van der Waals surface area (Å²) in [6.45, 7) is 4.28. The van der Waals surface area contributed by atoms with E-state index in [1.165, 1.54) is 6.08 Å². The average Bonchev–Trinajstić information content (AvgIpc) is 3.63. The largest absolute Gasteiger partial charge is 0.456 e. The van der Waals surface area contributed by atoms with Crippen molar-refractivity contribution in [3.05, 3.63) is 97.2 Å². The zero-order valence-electron chi connectivity index (χ0n) is 19.8. The number of carbonyl (C=O) groups is 1. The minimum absolute atomic E-state index is 0.0229. The lowest BCUT2D eigenvalue weighted by molar-refractivity contribution is -0.114. The van der Waals surface area contributed by atoms with Crippen LogP contribution >= 0.6 is 0 Å². The van der Waals surface area contributed by atoms with Gasteiger partial charge in [-0.3, -0.25) is 9.78 Å². The second-order valence-electron chi connectivity index (χ2n) is 9.10. The second-order valence-corrected chi connectivity index (χ2v) is 9.10. The monoisotopic (exact) mass is 494 g/mol. The first-order valence-electron chi connectivity index (χ1n) is 11.9. The number of ether oxygens (including phenoxy) is 1. The van der Waals surface area contributed by atoms with Gasteiger partial charge in [0.15, 0.2) is 11.6 Å². The first-order chi connectivity index (χ1) is 18.0. The Hall–Kier alpha value is -4.79. The summed E-state index contributed by atoms with van der Waals surface area (Å²) in [7, 11) is 0. The third-order valence-electron chi connectivity index (χ3n) is 6.60. The molecule has 1 saturated carbocycles. The summed E-state index contributed by atoms with van der Waals surface area (Å²) >= 11 is 0. The van der Waals surface area contributed by atoms with Gasteiger partial charge in [0.2, 0.25) is 11.9 Å². The molecule has 1 aliphatic heterocycles. The maximum absolute atomic E-state index is 14.6. The minimum atomic E-state index is -0.594. The highest BCUT2D eigenvalue weighted by molar-refractivity contribution is 6.04. The van der Waals surface area contributed by atoms with Gasteiger partial charge in [-0.25, -0.2) is 9.37 Å². The quantitative estimate of drug-likeness (QED) is 0.311. The lowest BCUT2D eigenvalue weighted by atomic mass is 9.98. The molecule has 1 spiro atoms. The molecule has 0 saturated heterocycles. The van der Waals surface area contributed by atoms with Gasteiger partial charge in [0.05, 0.1) is 12.4 Å². The van der Waals surface area contributed by atoms with E-state index in [0.717, 1.165) is 30.3 Å². The molecule has 0 unspecified atom stereocenters.